The summed E-state index contributed by atoms with van der Waals surface area (Å²) in [5, 5.41) is 8.69. The highest BCUT2D eigenvalue weighted by Crippen LogP contribution is 2.49. The van der Waals surface area contributed by atoms with Gasteiger partial charge in [-0.1, -0.05) is 13.8 Å². The van der Waals surface area contributed by atoms with Crippen LogP contribution in [0.25, 0.3) is 0 Å². The molecule has 0 bridgehead atoms. The molecule has 0 amide bonds. The Labute approximate surface area is 81.5 Å². The molecule has 0 atom stereocenters. The Morgan fingerprint density at radius 2 is 2.08 bits per heavy atom. The number of nitrogens with zero attached hydrogens (tertiary/aromatic N) is 2. The van der Waals surface area contributed by atoms with E-state index >= 15 is 0 Å². The van der Waals surface area contributed by atoms with Crippen molar-refractivity contribution < 1.29 is 0 Å². The maximum atomic E-state index is 8.69. The Morgan fingerprint density at radius 1 is 1.38 bits per heavy atom. The monoisotopic (exact) mass is 180 g/mol. The Bertz CT molecular complexity index is 189. The quantitative estimate of drug-likeness (QED) is 0.627. The summed E-state index contributed by atoms with van der Waals surface area (Å²) >= 11 is 0. The summed E-state index contributed by atoms with van der Waals surface area (Å²) < 4.78 is 0. The highest BCUT2D eigenvalue weighted by Gasteiger charge is 2.43. The second kappa shape index (κ2) is 4.62. The molecular weight excluding hydrogens is 160 g/mol. The summed E-state index contributed by atoms with van der Waals surface area (Å²) in [5.74, 6) is 0. The first kappa shape index (κ1) is 10.5. The topological polar surface area (TPSA) is 27.0 Å². The van der Waals surface area contributed by atoms with Crippen LogP contribution in [-0.4, -0.2) is 24.5 Å². The molecule has 0 N–H and O–H groups in total. The van der Waals surface area contributed by atoms with Gasteiger partial charge < -0.3 is 4.90 Å². The third-order valence-corrected chi connectivity index (χ3v) is 2.96. The van der Waals surface area contributed by atoms with Crippen LogP contribution in [0.15, 0.2) is 0 Å². The molecule has 0 aliphatic heterocycles. The van der Waals surface area contributed by atoms with Gasteiger partial charge in [0.2, 0.25) is 0 Å². The lowest BCUT2D eigenvalue weighted by Crippen LogP contribution is -2.31. The minimum absolute atomic E-state index is 0.389. The van der Waals surface area contributed by atoms with Crippen LogP contribution in [0, 0.1) is 16.7 Å². The maximum absolute atomic E-state index is 8.69. The van der Waals surface area contributed by atoms with Gasteiger partial charge in [-0.05, 0) is 37.8 Å². The van der Waals surface area contributed by atoms with E-state index in [1.54, 1.807) is 0 Å². The smallest absolute Gasteiger partial charge is 0.0628 e. The van der Waals surface area contributed by atoms with E-state index in [0.29, 0.717) is 5.41 Å². The summed E-state index contributed by atoms with van der Waals surface area (Å²) in [4.78, 5) is 2.48. The van der Waals surface area contributed by atoms with Gasteiger partial charge in [0, 0.05) is 13.0 Å². The SMILES string of the molecule is CCCN(CC)CC1(CC#N)CC1. The van der Waals surface area contributed by atoms with E-state index in [2.05, 4.69) is 24.8 Å². The van der Waals surface area contributed by atoms with E-state index in [-0.39, 0.29) is 0 Å². The summed E-state index contributed by atoms with van der Waals surface area (Å²) in [6.07, 6.45) is 4.51. The molecule has 0 aromatic rings. The van der Waals surface area contributed by atoms with Gasteiger partial charge >= 0.3 is 0 Å². The fourth-order valence-corrected chi connectivity index (χ4v) is 1.87. The number of nitriles is 1. The molecule has 0 spiro atoms. The van der Waals surface area contributed by atoms with Crippen LogP contribution in [0.1, 0.15) is 39.5 Å². The zero-order valence-electron chi connectivity index (χ0n) is 8.84. The second-order valence-corrected chi connectivity index (χ2v) is 4.20. The zero-order chi connectivity index (χ0) is 9.73. The molecule has 1 aliphatic rings. The fraction of sp³-hybridized carbons (Fsp3) is 0.909. The van der Waals surface area contributed by atoms with E-state index in [9.17, 15) is 0 Å². The maximum Gasteiger partial charge on any atom is 0.0628 e. The minimum Gasteiger partial charge on any atom is -0.303 e. The van der Waals surface area contributed by atoms with Crippen molar-refractivity contribution in [2.24, 2.45) is 5.41 Å². The van der Waals surface area contributed by atoms with Gasteiger partial charge in [-0.2, -0.15) is 5.26 Å². The summed E-state index contributed by atoms with van der Waals surface area (Å²) in [5.41, 5.74) is 0.389. The molecule has 0 radical (unpaired) electrons. The first-order chi connectivity index (χ1) is 6.26. The molecule has 1 rings (SSSR count). The van der Waals surface area contributed by atoms with Crippen molar-refractivity contribution in [1.29, 1.82) is 5.26 Å². The van der Waals surface area contributed by atoms with Gasteiger partial charge in [-0.3, -0.25) is 0 Å². The first-order valence-corrected chi connectivity index (χ1v) is 5.35. The molecule has 2 heteroatoms. The predicted octanol–water partition coefficient (Wildman–Crippen LogP) is 2.41. The van der Waals surface area contributed by atoms with Gasteiger partial charge in [0.05, 0.1) is 6.07 Å². The lowest BCUT2D eigenvalue weighted by atomic mass is 10.0. The molecule has 1 aliphatic carbocycles. The van der Waals surface area contributed by atoms with Gasteiger partial charge in [-0.25, -0.2) is 0 Å². The molecule has 0 aromatic carbocycles. The van der Waals surface area contributed by atoms with Crippen molar-refractivity contribution in [3.63, 3.8) is 0 Å². The normalized spacial score (nSPS) is 18.6. The predicted molar refractivity (Wildman–Crippen MR) is 54.3 cm³/mol. The molecule has 2 nitrogen and oxygen atoms in total. The van der Waals surface area contributed by atoms with Crippen LogP contribution in [0.5, 0.6) is 0 Å². The summed E-state index contributed by atoms with van der Waals surface area (Å²) in [6, 6.07) is 2.32. The Kier molecular flexibility index (Phi) is 3.74. The van der Waals surface area contributed by atoms with Crippen LogP contribution in [0.4, 0.5) is 0 Å². The molecule has 0 unspecified atom stereocenters. The number of hydrogen-bond donors (Lipinski definition) is 0. The second-order valence-electron chi connectivity index (χ2n) is 4.20. The van der Waals surface area contributed by atoms with E-state index in [1.807, 2.05) is 0 Å². The average molecular weight is 180 g/mol. The van der Waals surface area contributed by atoms with Crippen LogP contribution in [-0.2, 0) is 0 Å². The molecule has 1 fully saturated rings. The third kappa shape index (κ3) is 3.00. The molecule has 74 valence electrons. The highest BCUT2D eigenvalue weighted by molar-refractivity contribution is 5.00. The van der Waals surface area contributed by atoms with Crippen molar-refractivity contribution >= 4 is 0 Å². The molecule has 13 heavy (non-hydrogen) atoms. The van der Waals surface area contributed by atoms with Gasteiger partial charge in [-0.15, -0.1) is 0 Å². The summed E-state index contributed by atoms with van der Waals surface area (Å²) in [6.45, 7) is 7.88. The standard InChI is InChI=1S/C11H20N2/c1-3-9-13(4-2)10-11(5-6-11)7-8-12/h3-7,9-10H2,1-2H3. The third-order valence-electron chi connectivity index (χ3n) is 2.96. The number of rotatable bonds is 6. The van der Waals surface area contributed by atoms with Crippen molar-refractivity contribution in [2.75, 3.05) is 19.6 Å². The van der Waals surface area contributed by atoms with Crippen molar-refractivity contribution in [3.8, 4) is 6.07 Å². The van der Waals surface area contributed by atoms with Crippen LogP contribution in [0.3, 0.4) is 0 Å². The largest absolute Gasteiger partial charge is 0.303 e. The van der Waals surface area contributed by atoms with Crippen LogP contribution < -0.4 is 0 Å². The molecule has 0 saturated heterocycles. The van der Waals surface area contributed by atoms with Gasteiger partial charge in [0.1, 0.15) is 0 Å². The van der Waals surface area contributed by atoms with Gasteiger partial charge in [0.25, 0.3) is 0 Å². The van der Waals surface area contributed by atoms with Crippen molar-refractivity contribution in [3.05, 3.63) is 0 Å². The van der Waals surface area contributed by atoms with E-state index in [0.717, 1.165) is 19.5 Å². The molecular formula is C11H20N2. The molecule has 0 heterocycles. The Hall–Kier alpha value is -0.550. The zero-order valence-corrected chi connectivity index (χ0v) is 8.84. The Morgan fingerprint density at radius 3 is 2.46 bits per heavy atom. The molecule has 1 saturated carbocycles. The van der Waals surface area contributed by atoms with Crippen molar-refractivity contribution in [1.82, 2.24) is 4.90 Å². The van der Waals surface area contributed by atoms with Crippen molar-refractivity contribution in [2.45, 2.75) is 39.5 Å². The van der Waals surface area contributed by atoms with E-state index in [4.69, 9.17) is 5.26 Å². The first-order valence-electron chi connectivity index (χ1n) is 5.35. The Balaban J connectivity index is 2.33. The van der Waals surface area contributed by atoms with Crippen LogP contribution >= 0.6 is 0 Å². The van der Waals surface area contributed by atoms with E-state index < -0.39 is 0 Å². The van der Waals surface area contributed by atoms with E-state index in [1.165, 1.54) is 25.8 Å². The molecule has 0 aromatic heterocycles. The average Bonchev–Trinajstić information content (AvgIpc) is 2.85. The van der Waals surface area contributed by atoms with Crippen LogP contribution in [0.2, 0.25) is 0 Å². The summed E-state index contributed by atoms with van der Waals surface area (Å²) in [7, 11) is 0. The highest BCUT2D eigenvalue weighted by atomic mass is 15.1. The minimum atomic E-state index is 0.389. The number of hydrogen-bond acceptors (Lipinski definition) is 2. The van der Waals surface area contributed by atoms with Gasteiger partial charge in [0.15, 0.2) is 0 Å². The lowest BCUT2D eigenvalue weighted by Gasteiger charge is -2.24. The fourth-order valence-electron chi connectivity index (χ4n) is 1.87. The lowest BCUT2D eigenvalue weighted by molar-refractivity contribution is 0.231.